The Labute approximate surface area is 165 Å². The van der Waals surface area contributed by atoms with Crippen LogP contribution in [0.4, 0.5) is 4.39 Å². The third kappa shape index (κ3) is 5.03. The SMILES string of the molecule is CC(C)[C@@H](NC(=O)C1CCCCC1)C(=O)N[C@@H]1CCSc2ccc(F)cc21. The van der Waals surface area contributed by atoms with Gasteiger partial charge in [-0.05, 0) is 48.9 Å². The number of halogens is 1. The zero-order valence-corrected chi connectivity index (χ0v) is 16.9. The molecule has 1 fully saturated rings. The fraction of sp³-hybridized carbons (Fsp3) is 0.619. The van der Waals surface area contributed by atoms with E-state index < -0.39 is 6.04 Å². The monoisotopic (exact) mass is 392 g/mol. The Morgan fingerprint density at radius 3 is 2.59 bits per heavy atom. The molecule has 0 bridgehead atoms. The molecule has 6 heteroatoms. The minimum atomic E-state index is -0.564. The lowest BCUT2D eigenvalue weighted by molar-refractivity contribution is -0.133. The molecule has 0 radical (unpaired) electrons. The van der Waals surface area contributed by atoms with E-state index in [1.165, 1.54) is 18.6 Å². The summed E-state index contributed by atoms with van der Waals surface area (Å²) in [4.78, 5) is 26.6. The Bertz CT molecular complexity index is 689. The van der Waals surface area contributed by atoms with Crippen LogP contribution in [-0.2, 0) is 9.59 Å². The largest absolute Gasteiger partial charge is 0.347 e. The number of fused-ring (bicyclic) bond motifs is 1. The van der Waals surface area contributed by atoms with Crippen molar-refractivity contribution in [3.05, 3.63) is 29.6 Å². The number of nitrogens with one attached hydrogen (secondary N) is 2. The van der Waals surface area contributed by atoms with Crippen LogP contribution in [0.15, 0.2) is 23.1 Å². The Hall–Kier alpha value is -1.56. The van der Waals surface area contributed by atoms with Crippen molar-refractivity contribution in [3.63, 3.8) is 0 Å². The van der Waals surface area contributed by atoms with Gasteiger partial charge < -0.3 is 10.6 Å². The van der Waals surface area contributed by atoms with Crippen molar-refractivity contribution in [3.8, 4) is 0 Å². The molecule has 148 valence electrons. The zero-order chi connectivity index (χ0) is 19.4. The van der Waals surface area contributed by atoms with Crippen LogP contribution in [-0.4, -0.2) is 23.6 Å². The fourth-order valence-electron chi connectivity index (χ4n) is 3.95. The first kappa shape index (κ1) is 20.2. The van der Waals surface area contributed by atoms with E-state index in [1.54, 1.807) is 17.8 Å². The van der Waals surface area contributed by atoms with Gasteiger partial charge in [-0.15, -0.1) is 11.8 Å². The topological polar surface area (TPSA) is 58.2 Å². The van der Waals surface area contributed by atoms with Gasteiger partial charge in [0, 0.05) is 16.6 Å². The number of thioether (sulfide) groups is 1. The van der Waals surface area contributed by atoms with E-state index in [4.69, 9.17) is 0 Å². The lowest BCUT2D eigenvalue weighted by Crippen LogP contribution is -2.52. The number of hydrogen-bond donors (Lipinski definition) is 2. The lowest BCUT2D eigenvalue weighted by atomic mass is 9.88. The van der Waals surface area contributed by atoms with E-state index in [-0.39, 0.29) is 35.5 Å². The van der Waals surface area contributed by atoms with Gasteiger partial charge in [-0.1, -0.05) is 33.1 Å². The normalized spacial score (nSPS) is 21.4. The van der Waals surface area contributed by atoms with Crippen LogP contribution in [0.3, 0.4) is 0 Å². The predicted octanol–water partition coefficient (Wildman–Crippen LogP) is 4.20. The third-order valence-electron chi connectivity index (χ3n) is 5.55. The van der Waals surface area contributed by atoms with Gasteiger partial charge >= 0.3 is 0 Å². The van der Waals surface area contributed by atoms with Gasteiger partial charge in [0.25, 0.3) is 0 Å². The third-order valence-corrected chi connectivity index (χ3v) is 6.67. The number of rotatable bonds is 5. The zero-order valence-electron chi connectivity index (χ0n) is 16.1. The van der Waals surface area contributed by atoms with Crippen molar-refractivity contribution < 1.29 is 14.0 Å². The van der Waals surface area contributed by atoms with Gasteiger partial charge in [-0.3, -0.25) is 9.59 Å². The van der Waals surface area contributed by atoms with Crippen LogP contribution in [0.1, 0.15) is 64.0 Å². The molecule has 1 aliphatic heterocycles. The van der Waals surface area contributed by atoms with E-state index in [2.05, 4.69) is 10.6 Å². The maximum absolute atomic E-state index is 13.7. The van der Waals surface area contributed by atoms with E-state index in [0.717, 1.165) is 48.3 Å². The van der Waals surface area contributed by atoms with Gasteiger partial charge in [0.1, 0.15) is 11.9 Å². The van der Waals surface area contributed by atoms with Gasteiger partial charge in [-0.25, -0.2) is 4.39 Å². The van der Waals surface area contributed by atoms with Crippen LogP contribution in [0.5, 0.6) is 0 Å². The molecule has 1 heterocycles. The molecule has 2 amide bonds. The van der Waals surface area contributed by atoms with Crippen molar-refractivity contribution in [2.24, 2.45) is 11.8 Å². The Morgan fingerprint density at radius 1 is 1.15 bits per heavy atom. The minimum absolute atomic E-state index is 0.00538. The highest BCUT2D eigenvalue weighted by atomic mass is 32.2. The number of amides is 2. The van der Waals surface area contributed by atoms with Gasteiger partial charge in [0.2, 0.25) is 11.8 Å². The summed E-state index contributed by atoms with van der Waals surface area (Å²) in [6.07, 6.45) is 5.93. The van der Waals surface area contributed by atoms with Gasteiger partial charge in [-0.2, -0.15) is 0 Å². The summed E-state index contributed by atoms with van der Waals surface area (Å²) in [6, 6.07) is 3.97. The average molecular weight is 393 g/mol. The molecule has 1 aliphatic carbocycles. The molecule has 1 saturated carbocycles. The summed E-state index contributed by atoms with van der Waals surface area (Å²) < 4.78 is 13.7. The number of hydrogen-bond acceptors (Lipinski definition) is 3. The maximum atomic E-state index is 13.7. The average Bonchev–Trinajstić information content (AvgIpc) is 2.66. The summed E-state index contributed by atoms with van der Waals surface area (Å²) in [6.45, 7) is 3.88. The molecule has 2 N–H and O–H groups in total. The van der Waals surface area contributed by atoms with E-state index in [9.17, 15) is 14.0 Å². The van der Waals surface area contributed by atoms with E-state index in [1.807, 2.05) is 13.8 Å². The van der Waals surface area contributed by atoms with E-state index >= 15 is 0 Å². The molecule has 0 unspecified atom stereocenters. The summed E-state index contributed by atoms with van der Waals surface area (Å²) >= 11 is 1.68. The highest BCUT2D eigenvalue weighted by molar-refractivity contribution is 7.99. The smallest absolute Gasteiger partial charge is 0.243 e. The van der Waals surface area contributed by atoms with Crippen molar-refractivity contribution in [1.82, 2.24) is 10.6 Å². The molecule has 3 rings (SSSR count). The van der Waals surface area contributed by atoms with Crippen molar-refractivity contribution in [1.29, 1.82) is 0 Å². The number of benzene rings is 1. The standard InChI is InChI=1S/C21H29FN2O2S/c1-13(2)19(24-20(25)14-6-4-3-5-7-14)21(26)23-17-10-11-27-18-9-8-15(22)12-16(17)18/h8-9,12-14,17,19H,3-7,10-11H2,1-2H3,(H,23,26)(H,24,25)/t17-,19-/m1/s1. The van der Waals surface area contributed by atoms with Crippen LogP contribution >= 0.6 is 11.8 Å². The molecule has 4 nitrogen and oxygen atoms in total. The van der Waals surface area contributed by atoms with E-state index in [0.29, 0.717) is 0 Å². The maximum Gasteiger partial charge on any atom is 0.243 e. The first-order valence-corrected chi connectivity index (χ1v) is 11.0. The first-order chi connectivity index (χ1) is 13.0. The molecular formula is C21H29FN2O2S. The van der Waals surface area contributed by atoms with Gasteiger partial charge in [0.15, 0.2) is 0 Å². The highest BCUT2D eigenvalue weighted by Crippen LogP contribution is 2.36. The highest BCUT2D eigenvalue weighted by Gasteiger charge is 2.31. The fourth-order valence-corrected chi connectivity index (χ4v) is 5.05. The molecule has 2 aliphatic rings. The van der Waals surface area contributed by atoms with Crippen molar-refractivity contribution >= 4 is 23.6 Å². The van der Waals surface area contributed by atoms with Crippen LogP contribution in [0, 0.1) is 17.7 Å². The molecule has 0 saturated heterocycles. The van der Waals surface area contributed by atoms with Gasteiger partial charge in [0.05, 0.1) is 6.04 Å². The van der Waals surface area contributed by atoms with Crippen LogP contribution < -0.4 is 10.6 Å². The molecule has 1 aromatic carbocycles. The van der Waals surface area contributed by atoms with Crippen molar-refractivity contribution in [2.75, 3.05) is 5.75 Å². The summed E-state index contributed by atoms with van der Waals surface area (Å²) in [5.41, 5.74) is 0.834. The Kier molecular flexibility index (Phi) is 6.79. The molecule has 27 heavy (non-hydrogen) atoms. The second-order valence-electron chi connectivity index (χ2n) is 7.95. The second kappa shape index (κ2) is 9.09. The lowest BCUT2D eigenvalue weighted by Gasteiger charge is -2.30. The first-order valence-electron chi connectivity index (χ1n) is 9.98. The molecule has 0 spiro atoms. The molecule has 0 aromatic heterocycles. The Morgan fingerprint density at radius 2 is 1.89 bits per heavy atom. The minimum Gasteiger partial charge on any atom is -0.347 e. The van der Waals surface area contributed by atoms with Crippen LogP contribution in [0.2, 0.25) is 0 Å². The number of carbonyl (C=O) groups excluding carboxylic acids is 2. The molecular weight excluding hydrogens is 363 g/mol. The number of carbonyl (C=O) groups is 2. The van der Waals surface area contributed by atoms with Crippen LogP contribution in [0.25, 0.3) is 0 Å². The summed E-state index contributed by atoms with van der Waals surface area (Å²) in [5.74, 6) is 0.415. The second-order valence-corrected chi connectivity index (χ2v) is 9.08. The molecule has 2 atom stereocenters. The van der Waals surface area contributed by atoms with Crippen molar-refractivity contribution in [2.45, 2.75) is 69.4 Å². The molecule has 1 aromatic rings. The summed E-state index contributed by atoms with van der Waals surface area (Å²) in [5, 5.41) is 6.04. The summed E-state index contributed by atoms with van der Waals surface area (Å²) in [7, 11) is 0. The Balaban J connectivity index is 1.67. The predicted molar refractivity (Wildman–Crippen MR) is 106 cm³/mol. The quantitative estimate of drug-likeness (QED) is 0.790.